The highest BCUT2D eigenvalue weighted by atomic mass is 127. The van der Waals surface area contributed by atoms with Crippen LogP contribution >= 0.6 is 22.6 Å². The minimum absolute atomic E-state index is 0.117. The summed E-state index contributed by atoms with van der Waals surface area (Å²) in [5.41, 5.74) is 11.0. The van der Waals surface area contributed by atoms with E-state index in [4.69, 9.17) is 5.73 Å². The van der Waals surface area contributed by atoms with Gasteiger partial charge in [0.15, 0.2) is 0 Å². The maximum atomic E-state index is 6.44. The van der Waals surface area contributed by atoms with E-state index in [2.05, 4.69) is 77.0 Å². The third kappa shape index (κ3) is 2.43. The average Bonchev–Trinajstić information content (AvgIpc) is 2.49. The number of halogens is 1. The Bertz CT molecular complexity index is 768. The fraction of sp³-hybridized carbons (Fsp3) is 0.118. The van der Waals surface area contributed by atoms with Crippen LogP contribution in [-0.4, -0.2) is 4.98 Å². The van der Waals surface area contributed by atoms with Crippen LogP contribution in [0.2, 0.25) is 0 Å². The fourth-order valence-electron chi connectivity index (χ4n) is 2.37. The molecule has 1 unspecified atom stereocenters. The molecule has 1 aromatic heterocycles. The van der Waals surface area contributed by atoms with Crippen LogP contribution in [0, 0.1) is 10.5 Å². The number of rotatable bonds is 2. The summed E-state index contributed by atoms with van der Waals surface area (Å²) in [4.78, 5) is 4.40. The molecular formula is C17H15IN2. The second kappa shape index (κ2) is 5.50. The number of fused-ring (bicyclic) bond motifs is 1. The highest BCUT2D eigenvalue weighted by Gasteiger charge is 2.13. The van der Waals surface area contributed by atoms with Crippen LogP contribution in [0.3, 0.4) is 0 Å². The fourth-order valence-corrected chi connectivity index (χ4v) is 3.06. The molecule has 0 spiro atoms. The summed E-state index contributed by atoms with van der Waals surface area (Å²) in [5.74, 6) is 0. The third-order valence-electron chi connectivity index (χ3n) is 3.55. The van der Waals surface area contributed by atoms with E-state index in [1.807, 2.05) is 12.3 Å². The molecule has 3 rings (SSSR count). The minimum Gasteiger partial charge on any atom is -0.320 e. The maximum absolute atomic E-state index is 6.44. The van der Waals surface area contributed by atoms with Crippen LogP contribution in [0.4, 0.5) is 0 Å². The van der Waals surface area contributed by atoms with Crippen molar-refractivity contribution in [2.45, 2.75) is 13.0 Å². The summed E-state index contributed by atoms with van der Waals surface area (Å²) in [6.07, 6.45) is 1.81. The van der Waals surface area contributed by atoms with E-state index >= 15 is 0 Å². The zero-order chi connectivity index (χ0) is 14.1. The average molecular weight is 374 g/mol. The van der Waals surface area contributed by atoms with Crippen molar-refractivity contribution in [3.8, 4) is 0 Å². The van der Waals surface area contributed by atoms with E-state index in [9.17, 15) is 0 Å². The maximum Gasteiger partial charge on any atom is 0.0705 e. The van der Waals surface area contributed by atoms with E-state index in [0.717, 1.165) is 16.5 Å². The molecule has 0 bridgehead atoms. The zero-order valence-corrected chi connectivity index (χ0v) is 13.3. The van der Waals surface area contributed by atoms with Crippen LogP contribution in [0.1, 0.15) is 22.7 Å². The van der Waals surface area contributed by atoms with Crippen molar-refractivity contribution in [2.24, 2.45) is 5.73 Å². The van der Waals surface area contributed by atoms with Gasteiger partial charge in [0, 0.05) is 15.2 Å². The van der Waals surface area contributed by atoms with Crippen molar-refractivity contribution in [3.63, 3.8) is 0 Å². The van der Waals surface area contributed by atoms with Crippen molar-refractivity contribution < 1.29 is 0 Å². The van der Waals surface area contributed by atoms with Crippen LogP contribution in [0.5, 0.6) is 0 Å². The Morgan fingerprint density at radius 2 is 1.95 bits per heavy atom. The first-order chi connectivity index (χ1) is 9.66. The number of aromatic nitrogens is 1. The molecule has 0 aliphatic rings. The van der Waals surface area contributed by atoms with Gasteiger partial charge in [0.25, 0.3) is 0 Å². The Hall–Kier alpha value is -1.46. The molecular weight excluding hydrogens is 359 g/mol. The SMILES string of the molecule is Cc1cccc(C(N)c2ccc3cccnc3c2)c1I. The number of hydrogen-bond acceptors (Lipinski definition) is 2. The molecule has 2 nitrogen and oxygen atoms in total. The normalized spacial score (nSPS) is 12.6. The van der Waals surface area contributed by atoms with Crippen LogP contribution in [0.15, 0.2) is 54.7 Å². The van der Waals surface area contributed by atoms with Gasteiger partial charge >= 0.3 is 0 Å². The van der Waals surface area contributed by atoms with Gasteiger partial charge in [-0.05, 0) is 58.3 Å². The molecule has 20 heavy (non-hydrogen) atoms. The van der Waals surface area contributed by atoms with Crippen molar-refractivity contribution in [2.75, 3.05) is 0 Å². The number of pyridine rings is 1. The topological polar surface area (TPSA) is 38.9 Å². The number of benzene rings is 2. The van der Waals surface area contributed by atoms with Crippen molar-refractivity contribution in [1.29, 1.82) is 0 Å². The first-order valence-electron chi connectivity index (χ1n) is 6.52. The summed E-state index contributed by atoms with van der Waals surface area (Å²) >= 11 is 2.37. The molecule has 2 N–H and O–H groups in total. The number of hydrogen-bond donors (Lipinski definition) is 1. The van der Waals surface area contributed by atoms with Crippen LogP contribution in [0.25, 0.3) is 10.9 Å². The Kier molecular flexibility index (Phi) is 3.72. The second-order valence-electron chi connectivity index (χ2n) is 4.91. The lowest BCUT2D eigenvalue weighted by molar-refractivity contribution is 0.864. The summed E-state index contributed by atoms with van der Waals surface area (Å²) in [7, 11) is 0. The van der Waals surface area contributed by atoms with E-state index in [-0.39, 0.29) is 6.04 Å². The molecule has 0 fully saturated rings. The molecule has 100 valence electrons. The van der Waals surface area contributed by atoms with Crippen molar-refractivity contribution in [1.82, 2.24) is 4.98 Å². The molecule has 3 aromatic rings. The molecule has 1 heterocycles. The zero-order valence-electron chi connectivity index (χ0n) is 11.2. The standard InChI is InChI=1S/C17H15IN2/c1-11-4-2-6-14(16(11)18)17(19)13-8-7-12-5-3-9-20-15(12)10-13/h2-10,17H,19H2,1H3. The van der Waals surface area contributed by atoms with Gasteiger partial charge in [0.05, 0.1) is 11.6 Å². The van der Waals surface area contributed by atoms with Gasteiger partial charge < -0.3 is 5.73 Å². The number of aryl methyl sites for hydroxylation is 1. The highest BCUT2D eigenvalue weighted by molar-refractivity contribution is 14.1. The van der Waals surface area contributed by atoms with Gasteiger partial charge in [-0.3, -0.25) is 4.98 Å². The minimum atomic E-state index is -0.117. The lowest BCUT2D eigenvalue weighted by Crippen LogP contribution is -2.13. The Labute approximate surface area is 132 Å². The van der Waals surface area contributed by atoms with Crippen LogP contribution < -0.4 is 5.73 Å². The van der Waals surface area contributed by atoms with Gasteiger partial charge in [-0.15, -0.1) is 0 Å². The van der Waals surface area contributed by atoms with Gasteiger partial charge in [-0.25, -0.2) is 0 Å². The first kappa shape index (κ1) is 13.5. The Balaban J connectivity index is 2.08. The largest absolute Gasteiger partial charge is 0.320 e. The predicted molar refractivity (Wildman–Crippen MR) is 91.7 cm³/mol. The van der Waals surface area contributed by atoms with Crippen LogP contribution in [-0.2, 0) is 0 Å². The Morgan fingerprint density at radius 3 is 2.80 bits per heavy atom. The van der Waals surface area contributed by atoms with Gasteiger partial charge in [0.1, 0.15) is 0 Å². The third-order valence-corrected chi connectivity index (χ3v) is 5.02. The van der Waals surface area contributed by atoms with Crippen molar-refractivity contribution in [3.05, 3.63) is 75.0 Å². The van der Waals surface area contributed by atoms with Gasteiger partial charge in [-0.2, -0.15) is 0 Å². The number of nitrogens with zero attached hydrogens (tertiary/aromatic N) is 1. The van der Waals surface area contributed by atoms with E-state index in [0.29, 0.717) is 0 Å². The first-order valence-corrected chi connectivity index (χ1v) is 7.60. The highest BCUT2D eigenvalue weighted by Crippen LogP contribution is 2.27. The van der Waals surface area contributed by atoms with Gasteiger partial charge in [0.2, 0.25) is 0 Å². The lowest BCUT2D eigenvalue weighted by Gasteiger charge is -2.16. The van der Waals surface area contributed by atoms with E-state index < -0.39 is 0 Å². The predicted octanol–water partition coefficient (Wildman–Crippen LogP) is 4.20. The lowest BCUT2D eigenvalue weighted by atomic mass is 9.97. The molecule has 0 aliphatic carbocycles. The smallest absolute Gasteiger partial charge is 0.0705 e. The molecule has 0 amide bonds. The molecule has 0 saturated carbocycles. The van der Waals surface area contributed by atoms with Gasteiger partial charge in [-0.1, -0.05) is 36.4 Å². The second-order valence-corrected chi connectivity index (χ2v) is 5.99. The number of nitrogens with two attached hydrogens (primary N) is 1. The molecule has 3 heteroatoms. The van der Waals surface area contributed by atoms with Crippen molar-refractivity contribution >= 4 is 33.5 Å². The molecule has 0 radical (unpaired) electrons. The molecule has 2 aromatic carbocycles. The quantitative estimate of drug-likeness (QED) is 0.683. The summed E-state index contributed by atoms with van der Waals surface area (Å²) in [6.45, 7) is 2.11. The molecule has 0 aliphatic heterocycles. The van der Waals surface area contributed by atoms with E-state index in [1.54, 1.807) is 0 Å². The Morgan fingerprint density at radius 1 is 1.10 bits per heavy atom. The molecule has 0 saturated heterocycles. The summed E-state index contributed by atoms with van der Waals surface area (Å²) in [5, 5.41) is 1.14. The van der Waals surface area contributed by atoms with E-state index in [1.165, 1.54) is 14.7 Å². The summed E-state index contributed by atoms with van der Waals surface area (Å²) in [6, 6.07) is 16.4. The summed E-state index contributed by atoms with van der Waals surface area (Å²) < 4.78 is 1.23. The monoisotopic (exact) mass is 374 g/mol. The molecule has 1 atom stereocenters.